The van der Waals surface area contributed by atoms with Crippen LogP contribution in [0.1, 0.15) is 5.56 Å². The van der Waals surface area contributed by atoms with Crippen LogP contribution in [-0.2, 0) is 6.54 Å². The topological polar surface area (TPSA) is 32.3 Å². The summed E-state index contributed by atoms with van der Waals surface area (Å²) in [4.78, 5) is 1.30. The number of benzene rings is 2. The Morgan fingerprint density at radius 2 is 1.70 bits per heavy atom. The lowest BCUT2D eigenvalue weighted by molar-refractivity contribution is 0.468. The standard InChI is InChI=1S/C15H15Br2NOS/c16-13-8-11(9-14(17)15(13)19)10-18-6-7-20-12-4-2-1-3-5-12/h1-5,8-9,18-19H,6-7,10H2. The predicted molar refractivity (Wildman–Crippen MR) is 92.4 cm³/mol. The first-order chi connectivity index (χ1) is 9.66. The molecule has 0 bridgehead atoms. The Morgan fingerprint density at radius 1 is 1.05 bits per heavy atom. The van der Waals surface area contributed by atoms with E-state index in [1.54, 1.807) is 0 Å². The SMILES string of the molecule is Oc1c(Br)cc(CNCCSc2ccccc2)cc1Br. The zero-order valence-corrected chi connectivity index (χ0v) is 14.8. The normalized spacial score (nSPS) is 10.7. The molecular formula is C15H15Br2NOS. The highest BCUT2D eigenvalue weighted by Crippen LogP contribution is 2.33. The van der Waals surface area contributed by atoms with Gasteiger partial charge in [-0.1, -0.05) is 18.2 Å². The molecule has 0 saturated heterocycles. The van der Waals surface area contributed by atoms with Crippen molar-refractivity contribution in [3.05, 3.63) is 57.0 Å². The predicted octanol–water partition coefficient (Wildman–Crippen LogP) is 4.80. The molecule has 0 spiro atoms. The van der Waals surface area contributed by atoms with Crippen molar-refractivity contribution >= 4 is 43.6 Å². The number of thioether (sulfide) groups is 1. The molecule has 2 aromatic rings. The molecule has 0 aliphatic rings. The van der Waals surface area contributed by atoms with Crippen LogP contribution in [0.15, 0.2) is 56.3 Å². The van der Waals surface area contributed by atoms with Gasteiger partial charge in [0.05, 0.1) is 8.95 Å². The quantitative estimate of drug-likeness (QED) is 0.524. The maximum Gasteiger partial charge on any atom is 0.143 e. The van der Waals surface area contributed by atoms with Gasteiger partial charge in [0.15, 0.2) is 0 Å². The van der Waals surface area contributed by atoms with E-state index in [0.29, 0.717) is 8.95 Å². The summed E-state index contributed by atoms with van der Waals surface area (Å²) in [6.45, 7) is 1.72. The highest BCUT2D eigenvalue weighted by atomic mass is 79.9. The lowest BCUT2D eigenvalue weighted by Crippen LogP contribution is -2.16. The van der Waals surface area contributed by atoms with Crippen LogP contribution in [-0.4, -0.2) is 17.4 Å². The van der Waals surface area contributed by atoms with Gasteiger partial charge in [-0.2, -0.15) is 0 Å². The summed E-state index contributed by atoms with van der Waals surface area (Å²) in [5.41, 5.74) is 1.13. The number of halogens is 2. The van der Waals surface area contributed by atoms with Gasteiger partial charge >= 0.3 is 0 Å². The molecule has 0 saturated carbocycles. The summed E-state index contributed by atoms with van der Waals surface area (Å²) in [7, 11) is 0. The van der Waals surface area contributed by atoms with Gasteiger partial charge < -0.3 is 10.4 Å². The van der Waals surface area contributed by atoms with Crippen molar-refractivity contribution in [2.45, 2.75) is 11.4 Å². The number of hydrogen-bond donors (Lipinski definition) is 2. The molecule has 0 atom stereocenters. The maximum absolute atomic E-state index is 9.65. The smallest absolute Gasteiger partial charge is 0.143 e. The van der Waals surface area contributed by atoms with Crippen molar-refractivity contribution in [1.82, 2.24) is 5.32 Å². The highest BCUT2D eigenvalue weighted by Gasteiger charge is 2.05. The first kappa shape index (κ1) is 15.9. The van der Waals surface area contributed by atoms with Crippen LogP contribution < -0.4 is 5.32 Å². The van der Waals surface area contributed by atoms with Gasteiger partial charge in [0.1, 0.15) is 5.75 Å². The molecule has 2 N–H and O–H groups in total. The first-order valence-electron chi connectivity index (χ1n) is 6.22. The molecule has 0 unspecified atom stereocenters. The average molecular weight is 417 g/mol. The number of phenolic OH excluding ortho intramolecular Hbond substituents is 1. The van der Waals surface area contributed by atoms with Gasteiger partial charge in [-0.3, -0.25) is 0 Å². The van der Waals surface area contributed by atoms with Crippen molar-refractivity contribution in [2.24, 2.45) is 0 Å². The molecule has 2 rings (SSSR count). The molecule has 106 valence electrons. The van der Waals surface area contributed by atoms with Crippen LogP contribution in [0.25, 0.3) is 0 Å². The Hall–Kier alpha value is -0.490. The highest BCUT2D eigenvalue weighted by molar-refractivity contribution is 9.11. The van der Waals surface area contributed by atoms with Crippen LogP contribution in [0.4, 0.5) is 0 Å². The summed E-state index contributed by atoms with van der Waals surface area (Å²) in [5.74, 6) is 1.28. The summed E-state index contributed by atoms with van der Waals surface area (Å²) >= 11 is 8.52. The third-order valence-electron chi connectivity index (χ3n) is 2.70. The van der Waals surface area contributed by atoms with E-state index in [1.165, 1.54) is 4.90 Å². The molecule has 0 radical (unpaired) electrons. The van der Waals surface area contributed by atoms with Crippen molar-refractivity contribution in [1.29, 1.82) is 0 Å². The largest absolute Gasteiger partial charge is 0.506 e. The van der Waals surface area contributed by atoms with E-state index < -0.39 is 0 Å². The average Bonchev–Trinajstić information content (AvgIpc) is 2.45. The molecule has 0 heterocycles. The maximum atomic E-state index is 9.65. The third kappa shape index (κ3) is 4.81. The minimum Gasteiger partial charge on any atom is -0.506 e. The fraction of sp³-hybridized carbons (Fsp3) is 0.200. The van der Waals surface area contributed by atoms with Crippen LogP contribution >= 0.6 is 43.6 Å². The number of aromatic hydroxyl groups is 1. The lowest BCUT2D eigenvalue weighted by Gasteiger charge is -2.08. The van der Waals surface area contributed by atoms with Crippen molar-refractivity contribution in [2.75, 3.05) is 12.3 Å². The molecular weight excluding hydrogens is 402 g/mol. The molecule has 20 heavy (non-hydrogen) atoms. The number of nitrogens with one attached hydrogen (secondary N) is 1. The third-order valence-corrected chi connectivity index (χ3v) is 4.92. The van der Waals surface area contributed by atoms with Crippen molar-refractivity contribution in [3.63, 3.8) is 0 Å². The summed E-state index contributed by atoms with van der Waals surface area (Å²) in [6, 6.07) is 14.2. The summed E-state index contributed by atoms with van der Waals surface area (Å²) in [5, 5.41) is 13.1. The zero-order chi connectivity index (χ0) is 14.4. The Labute approximate surface area is 140 Å². The van der Waals surface area contributed by atoms with Gasteiger partial charge in [-0.05, 0) is 61.7 Å². The van der Waals surface area contributed by atoms with Crippen LogP contribution in [0, 0.1) is 0 Å². The molecule has 0 aliphatic carbocycles. The minimum absolute atomic E-state index is 0.244. The molecule has 0 aliphatic heterocycles. The first-order valence-corrected chi connectivity index (χ1v) is 8.79. The number of hydrogen-bond acceptors (Lipinski definition) is 3. The van der Waals surface area contributed by atoms with E-state index in [0.717, 1.165) is 24.4 Å². The van der Waals surface area contributed by atoms with Gasteiger partial charge in [0, 0.05) is 23.7 Å². The van der Waals surface area contributed by atoms with Crippen molar-refractivity contribution in [3.8, 4) is 5.75 Å². The van der Waals surface area contributed by atoms with E-state index in [9.17, 15) is 5.11 Å². The number of phenols is 1. The molecule has 0 amide bonds. The van der Waals surface area contributed by atoms with Crippen molar-refractivity contribution < 1.29 is 5.11 Å². The fourth-order valence-corrected chi connectivity index (χ4v) is 3.82. The minimum atomic E-state index is 0.244. The Morgan fingerprint density at radius 3 is 2.35 bits per heavy atom. The van der Waals surface area contributed by atoms with Gasteiger partial charge in [0.2, 0.25) is 0 Å². The van der Waals surface area contributed by atoms with Crippen LogP contribution in [0.5, 0.6) is 5.75 Å². The lowest BCUT2D eigenvalue weighted by atomic mass is 10.2. The van der Waals surface area contributed by atoms with Gasteiger partial charge in [-0.15, -0.1) is 11.8 Å². The van der Waals surface area contributed by atoms with E-state index >= 15 is 0 Å². The Balaban J connectivity index is 1.74. The van der Waals surface area contributed by atoms with E-state index in [1.807, 2.05) is 30.0 Å². The van der Waals surface area contributed by atoms with E-state index in [2.05, 4.69) is 61.4 Å². The second-order valence-electron chi connectivity index (χ2n) is 4.25. The second-order valence-corrected chi connectivity index (χ2v) is 7.12. The fourth-order valence-electron chi connectivity index (χ4n) is 1.71. The van der Waals surface area contributed by atoms with Gasteiger partial charge in [0.25, 0.3) is 0 Å². The monoisotopic (exact) mass is 415 g/mol. The Kier molecular flexibility index (Phi) is 6.42. The number of rotatable bonds is 6. The van der Waals surface area contributed by atoms with E-state index in [4.69, 9.17) is 0 Å². The second kappa shape index (κ2) is 8.08. The summed E-state index contributed by atoms with van der Waals surface area (Å²) < 4.78 is 1.42. The molecule has 2 aromatic carbocycles. The zero-order valence-electron chi connectivity index (χ0n) is 10.8. The Bertz CT molecular complexity index is 540. The molecule has 5 heteroatoms. The molecule has 2 nitrogen and oxygen atoms in total. The van der Waals surface area contributed by atoms with Crippen LogP contribution in [0.2, 0.25) is 0 Å². The van der Waals surface area contributed by atoms with Crippen LogP contribution in [0.3, 0.4) is 0 Å². The molecule has 0 aromatic heterocycles. The van der Waals surface area contributed by atoms with E-state index in [-0.39, 0.29) is 5.75 Å². The molecule has 0 fully saturated rings. The van der Waals surface area contributed by atoms with Gasteiger partial charge in [-0.25, -0.2) is 0 Å². The summed E-state index contributed by atoms with van der Waals surface area (Å²) in [6.07, 6.45) is 0.